The lowest BCUT2D eigenvalue weighted by Crippen LogP contribution is -2.39. The van der Waals surface area contributed by atoms with Gasteiger partial charge in [-0.2, -0.15) is 0 Å². The van der Waals surface area contributed by atoms with E-state index in [1.165, 1.54) is 56.5 Å². The van der Waals surface area contributed by atoms with Crippen molar-refractivity contribution in [1.82, 2.24) is 10.2 Å². The maximum Gasteiger partial charge on any atom is 0.0200 e. The van der Waals surface area contributed by atoms with Gasteiger partial charge in [0.1, 0.15) is 0 Å². The molecule has 0 bridgehead atoms. The molecule has 2 heterocycles. The predicted octanol–water partition coefficient (Wildman–Crippen LogP) is 3.14. The molecule has 106 valence electrons. The smallest absolute Gasteiger partial charge is 0.0200 e. The maximum absolute atomic E-state index is 3.88. The van der Waals surface area contributed by atoms with Gasteiger partial charge in [0.05, 0.1) is 0 Å². The van der Waals surface area contributed by atoms with Gasteiger partial charge in [0.15, 0.2) is 0 Å². The van der Waals surface area contributed by atoms with Crippen molar-refractivity contribution < 1.29 is 0 Å². The van der Waals surface area contributed by atoms with E-state index in [9.17, 15) is 0 Å². The maximum atomic E-state index is 3.88. The van der Waals surface area contributed by atoms with Gasteiger partial charge in [-0.15, -0.1) is 11.3 Å². The van der Waals surface area contributed by atoms with Crippen LogP contribution in [0.25, 0.3) is 0 Å². The highest BCUT2D eigenvalue weighted by atomic mass is 32.1. The Balaban J connectivity index is 1.41. The summed E-state index contributed by atoms with van der Waals surface area (Å²) in [4.78, 5) is 4.02. The van der Waals surface area contributed by atoms with E-state index in [1.807, 2.05) is 11.3 Å². The van der Waals surface area contributed by atoms with Gasteiger partial charge in [0.2, 0.25) is 0 Å². The molecule has 1 saturated carbocycles. The predicted molar refractivity (Wildman–Crippen MR) is 82.8 cm³/mol. The summed E-state index contributed by atoms with van der Waals surface area (Å²) in [7, 11) is 2.28. The van der Waals surface area contributed by atoms with Crippen molar-refractivity contribution in [2.75, 3.05) is 20.1 Å². The minimum absolute atomic E-state index is 0.737. The number of hydrogen-bond acceptors (Lipinski definition) is 3. The molecule has 0 radical (unpaired) electrons. The fourth-order valence-corrected chi connectivity index (χ4v) is 4.49. The average molecular weight is 278 g/mol. The van der Waals surface area contributed by atoms with Gasteiger partial charge >= 0.3 is 0 Å². The van der Waals surface area contributed by atoms with E-state index >= 15 is 0 Å². The molecule has 1 aromatic heterocycles. The van der Waals surface area contributed by atoms with Crippen molar-refractivity contribution in [1.29, 1.82) is 0 Å². The minimum atomic E-state index is 0.737. The van der Waals surface area contributed by atoms with Crippen LogP contribution in [0.15, 0.2) is 17.5 Å². The first kappa shape index (κ1) is 13.6. The molecule has 2 fully saturated rings. The second-order valence-electron chi connectivity index (χ2n) is 6.34. The van der Waals surface area contributed by atoms with Gasteiger partial charge < -0.3 is 10.2 Å². The fourth-order valence-electron chi connectivity index (χ4n) is 3.80. The summed E-state index contributed by atoms with van der Waals surface area (Å²) in [5.41, 5.74) is 0. The van der Waals surface area contributed by atoms with Crippen LogP contribution in [0.2, 0.25) is 0 Å². The number of rotatable bonds is 5. The number of fused-ring (bicyclic) bond motifs is 1. The quantitative estimate of drug-likeness (QED) is 0.890. The molecular formula is C16H26N2S. The molecule has 2 aliphatic rings. The highest BCUT2D eigenvalue weighted by Crippen LogP contribution is 2.33. The normalized spacial score (nSPS) is 30.7. The molecule has 1 aromatic rings. The second kappa shape index (κ2) is 6.38. The summed E-state index contributed by atoms with van der Waals surface area (Å²) in [6.45, 7) is 2.41. The Morgan fingerprint density at radius 1 is 1.37 bits per heavy atom. The summed E-state index contributed by atoms with van der Waals surface area (Å²) in [5, 5.41) is 6.06. The first-order valence-corrected chi connectivity index (χ1v) is 8.66. The van der Waals surface area contributed by atoms with E-state index in [0.717, 1.165) is 18.0 Å². The van der Waals surface area contributed by atoms with Crippen molar-refractivity contribution in [2.24, 2.45) is 5.92 Å². The SMILES string of the molecule is CN(CCc1cccs1)CC1CC2CCCCC2N1. The van der Waals surface area contributed by atoms with Crippen LogP contribution in [0.1, 0.15) is 37.0 Å². The zero-order valence-electron chi connectivity index (χ0n) is 12.0. The number of nitrogens with one attached hydrogen (secondary N) is 1. The second-order valence-corrected chi connectivity index (χ2v) is 7.37. The Labute approximate surface area is 121 Å². The standard InChI is InChI=1S/C16H26N2S/c1-18(9-8-15-6-4-10-19-15)12-14-11-13-5-2-3-7-16(13)17-14/h4,6,10,13-14,16-17H,2-3,5,7-9,11-12H2,1H3. The van der Waals surface area contributed by atoms with Crippen LogP contribution in [0.5, 0.6) is 0 Å². The summed E-state index contributed by atoms with van der Waals surface area (Å²) >= 11 is 1.88. The van der Waals surface area contributed by atoms with Crippen LogP contribution in [0.4, 0.5) is 0 Å². The van der Waals surface area contributed by atoms with Crippen LogP contribution >= 0.6 is 11.3 Å². The summed E-state index contributed by atoms with van der Waals surface area (Å²) in [6.07, 6.45) is 8.40. The Morgan fingerprint density at radius 3 is 3.05 bits per heavy atom. The van der Waals surface area contributed by atoms with Crippen molar-refractivity contribution in [2.45, 2.75) is 50.6 Å². The molecule has 3 atom stereocenters. The Kier molecular flexibility index (Phi) is 4.57. The summed E-state index contributed by atoms with van der Waals surface area (Å²) < 4.78 is 0. The van der Waals surface area contributed by atoms with Crippen molar-refractivity contribution >= 4 is 11.3 Å². The van der Waals surface area contributed by atoms with E-state index in [2.05, 4.69) is 34.8 Å². The molecule has 19 heavy (non-hydrogen) atoms. The van der Waals surface area contributed by atoms with Gasteiger partial charge in [-0.1, -0.05) is 18.9 Å². The molecule has 0 amide bonds. The highest BCUT2D eigenvalue weighted by Gasteiger charge is 2.35. The van der Waals surface area contributed by atoms with Crippen LogP contribution in [0.3, 0.4) is 0 Å². The number of hydrogen-bond donors (Lipinski definition) is 1. The number of likely N-dealkylation sites (N-methyl/N-ethyl adjacent to an activating group) is 1. The lowest BCUT2D eigenvalue weighted by molar-refractivity contribution is 0.299. The van der Waals surface area contributed by atoms with Crippen molar-refractivity contribution in [3.63, 3.8) is 0 Å². The van der Waals surface area contributed by atoms with Gasteiger partial charge in [-0.05, 0) is 50.1 Å². The third-order valence-electron chi connectivity index (χ3n) is 4.80. The molecule has 3 unspecified atom stereocenters. The zero-order valence-corrected chi connectivity index (χ0v) is 12.8. The number of thiophene rings is 1. The third kappa shape index (κ3) is 3.59. The Morgan fingerprint density at radius 2 is 2.26 bits per heavy atom. The van der Waals surface area contributed by atoms with E-state index < -0.39 is 0 Å². The van der Waals surface area contributed by atoms with Gasteiger partial charge in [-0.3, -0.25) is 0 Å². The molecule has 0 aromatic carbocycles. The first-order valence-electron chi connectivity index (χ1n) is 7.78. The summed E-state index contributed by atoms with van der Waals surface area (Å²) in [6, 6.07) is 5.98. The first-order chi connectivity index (χ1) is 9.31. The molecule has 0 spiro atoms. The zero-order chi connectivity index (χ0) is 13.1. The van der Waals surface area contributed by atoms with E-state index in [4.69, 9.17) is 0 Å². The molecule has 2 nitrogen and oxygen atoms in total. The molecule has 1 saturated heterocycles. The van der Waals surface area contributed by atoms with E-state index in [1.54, 1.807) is 0 Å². The molecular weight excluding hydrogens is 252 g/mol. The average Bonchev–Trinajstić information content (AvgIpc) is 3.04. The molecule has 1 aliphatic carbocycles. The molecule has 1 aliphatic heterocycles. The van der Waals surface area contributed by atoms with Crippen LogP contribution in [-0.2, 0) is 6.42 Å². The highest BCUT2D eigenvalue weighted by molar-refractivity contribution is 7.09. The van der Waals surface area contributed by atoms with Crippen molar-refractivity contribution in [3.8, 4) is 0 Å². The number of nitrogens with zero attached hydrogens (tertiary/aromatic N) is 1. The molecule has 3 heteroatoms. The van der Waals surface area contributed by atoms with Gasteiger partial charge in [0, 0.05) is 30.1 Å². The summed E-state index contributed by atoms with van der Waals surface area (Å²) in [5.74, 6) is 0.976. The molecule has 1 N–H and O–H groups in total. The van der Waals surface area contributed by atoms with Crippen LogP contribution in [0, 0.1) is 5.92 Å². The lowest BCUT2D eigenvalue weighted by Gasteiger charge is -2.24. The van der Waals surface area contributed by atoms with Gasteiger partial charge in [-0.25, -0.2) is 0 Å². The van der Waals surface area contributed by atoms with E-state index in [-0.39, 0.29) is 0 Å². The topological polar surface area (TPSA) is 15.3 Å². The fraction of sp³-hybridized carbons (Fsp3) is 0.750. The Hall–Kier alpha value is -0.380. The monoisotopic (exact) mass is 278 g/mol. The largest absolute Gasteiger partial charge is 0.310 e. The Bertz CT molecular complexity index is 362. The minimum Gasteiger partial charge on any atom is -0.310 e. The van der Waals surface area contributed by atoms with E-state index in [0.29, 0.717) is 0 Å². The molecule has 3 rings (SSSR count). The van der Waals surface area contributed by atoms with Crippen LogP contribution in [-0.4, -0.2) is 37.1 Å². The lowest BCUT2D eigenvalue weighted by atomic mass is 9.85. The van der Waals surface area contributed by atoms with Crippen molar-refractivity contribution in [3.05, 3.63) is 22.4 Å². The third-order valence-corrected chi connectivity index (χ3v) is 5.73. The van der Waals surface area contributed by atoms with Crippen LogP contribution < -0.4 is 5.32 Å². The van der Waals surface area contributed by atoms with Gasteiger partial charge in [0.25, 0.3) is 0 Å².